The van der Waals surface area contributed by atoms with Gasteiger partial charge in [0.15, 0.2) is 0 Å². The van der Waals surface area contributed by atoms with Crippen molar-refractivity contribution in [3.05, 3.63) is 18.1 Å². The minimum absolute atomic E-state index is 0.347. The molecule has 4 nitrogen and oxygen atoms in total. The minimum Gasteiger partial charge on any atom is -0.392 e. The third-order valence-corrected chi connectivity index (χ3v) is 1.69. The third-order valence-electron chi connectivity index (χ3n) is 1.69. The Labute approximate surface area is 78.2 Å². The number of aliphatic hydroxyl groups is 1. The first-order valence-corrected chi connectivity index (χ1v) is 4.28. The molecule has 0 unspecified atom stereocenters. The van der Waals surface area contributed by atoms with Crippen LogP contribution in [-0.2, 0) is 0 Å². The van der Waals surface area contributed by atoms with E-state index in [0.29, 0.717) is 6.54 Å². The van der Waals surface area contributed by atoms with Gasteiger partial charge in [0, 0.05) is 19.8 Å². The number of nitrogens with zero attached hydrogens (tertiary/aromatic N) is 3. The molecule has 72 valence electrons. The number of hydrogen-bond acceptors (Lipinski definition) is 4. The summed E-state index contributed by atoms with van der Waals surface area (Å²) in [7, 11) is 1.90. The van der Waals surface area contributed by atoms with E-state index in [9.17, 15) is 0 Å². The van der Waals surface area contributed by atoms with E-state index in [2.05, 4.69) is 9.97 Å². The topological polar surface area (TPSA) is 49.2 Å². The van der Waals surface area contributed by atoms with Gasteiger partial charge in [0.05, 0.1) is 6.10 Å². The van der Waals surface area contributed by atoms with E-state index in [-0.39, 0.29) is 6.10 Å². The Morgan fingerprint density at radius 1 is 1.62 bits per heavy atom. The Morgan fingerprint density at radius 2 is 2.31 bits per heavy atom. The number of aryl methyl sites for hydroxylation is 1. The fourth-order valence-electron chi connectivity index (χ4n) is 1.15. The quantitative estimate of drug-likeness (QED) is 0.742. The van der Waals surface area contributed by atoms with E-state index in [4.69, 9.17) is 5.11 Å². The summed E-state index contributed by atoms with van der Waals surface area (Å²) < 4.78 is 0. The van der Waals surface area contributed by atoms with Gasteiger partial charge in [-0.15, -0.1) is 0 Å². The second kappa shape index (κ2) is 4.18. The molecule has 0 spiro atoms. The van der Waals surface area contributed by atoms with E-state index in [1.165, 1.54) is 0 Å². The zero-order valence-corrected chi connectivity index (χ0v) is 8.23. The second-order valence-electron chi connectivity index (χ2n) is 3.19. The highest BCUT2D eigenvalue weighted by molar-refractivity contribution is 5.36. The molecule has 0 aliphatic rings. The molecule has 13 heavy (non-hydrogen) atoms. The number of anilines is 1. The van der Waals surface area contributed by atoms with E-state index in [1.807, 2.05) is 24.9 Å². The standard InChI is InChI=1S/C9H15N3O/c1-7(13)6-12(3)9-4-5-10-8(2)11-9/h4-5,7,13H,6H2,1-3H3/t7-/m1/s1. The smallest absolute Gasteiger partial charge is 0.132 e. The van der Waals surface area contributed by atoms with Crippen LogP contribution in [0.2, 0.25) is 0 Å². The summed E-state index contributed by atoms with van der Waals surface area (Å²) in [6.45, 7) is 4.18. The summed E-state index contributed by atoms with van der Waals surface area (Å²) in [5.41, 5.74) is 0. The third kappa shape index (κ3) is 2.99. The summed E-state index contributed by atoms with van der Waals surface area (Å²) >= 11 is 0. The van der Waals surface area contributed by atoms with Crippen molar-refractivity contribution in [3.8, 4) is 0 Å². The number of rotatable bonds is 3. The van der Waals surface area contributed by atoms with Crippen LogP contribution in [0.4, 0.5) is 5.82 Å². The molecule has 0 saturated carbocycles. The van der Waals surface area contributed by atoms with Gasteiger partial charge in [-0.05, 0) is 19.9 Å². The Hall–Kier alpha value is -1.16. The molecule has 1 aromatic rings. The molecule has 0 amide bonds. The fraction of sp³-hybridized carbons (Fsp3) is 0.556. The Balaban J connectivity index is 2.71. The van der Waals surface area contributed by atoms with E-state index in [0.717, 1.165) is 11.6 Å². The molecule has 0 bridgehead atoms. The average Bonchev–Trinajstić information content (AvgIpc) is 2.03. The lowest BCUT2D eigenvalue weighted by atomic mass is 10.3. The van der Waals surface area contributed by atoms with Crippen LogP contribution in [0.15, 0.2) is 12.3 Å². The van der Waals surface area contributed by atoms with Crippen molar-refractivity contribution in [2.75, 3.05) is 18.5 Å². The van der Waals surface area contributed by atoms with Crippen LogP contribution < -0.4 is 4.90 Å². The van der Waals surface area contributed by atoms with Crippen molar-refractivity contribution in [1.82, 2.24) is 9.97 Å². The lowest BCUT2D eigenvalue weighted by molar-refractivity contribution is 0.201. The average molecular weight is 181 g/mol. The van der Waals surface area contributed by atoms with Gasteiger partial charge in [-0.1, -0.05) is 0 Å². The van der Waals surface area contributed by atoms with Crippen molar-refractivity contribution in [2.45, 2.75) is 20.0 Å². The van der Waals surface area contributed by atoms with Crippen LogP contribution in [0, 0.1) is 6.92 Å². The maximum atomic E-state index is 9.17. The van der Waals surface area contributed by atoms with Gasteiger partial charge in [-0.25, -0.2) is 9.97 Å². The molecule has 0 aliphatic carbocycles. The molecule has 1 N–H and O–H groups in total. The van der Waals surface area contributed by atoms with Crippen LogP contribution >= 0.6 is 0 Å². The molecule has 0 radical (unpaired) electrons. The Morgan fingerprint density at radius 3 is 2.85 bits per heavy atom. The molecule has 0 fully saturated rings. The fourth-order valence-corrected chi connectivity index (χ4v) is 1.15. The lowest BCUT2D eigenvalue weighted by Gasteiger charge is -2.19. The largest absolute Gasteiger partial charge is 0.392 e. The zero-order valence-electron chi connectivity index (χ0n) is 8.23. The maximum absolute atomic E-state index is 9.17. The van der Waals surface area contributed by atoms with Crippen LogP contribution in [0.25, 0.3) is 0 Å². The highest BCUT2D eigenvalue weighted by atomic mass is 16.3. The molecule has 1 atom stereocenters. The first-order chi connectivity index (χ1) is 6.09. The predicted molar refractivity (Wildman–Crippen MR) is 51.7 cm³/mol. The summed E-state index contributed by atoms with van der Waals surface area (Å²) in [5, 5.41) is 9.17. The molecule has 1 aromatic heterocycles. The molecule has 0 aliphatic heterocycles. The summed E-state index contributed by atoms with van der Waals surface area (Å²) in [6.07, 6.45) is 1.37. The van der Waals surface area contributed by atoms with E-state index >= 15 is 0 Å². The second-order valence-corrected chi connectivity index (χ2v) is 3.19. The molecule has 1 rings (SSSR count). The van der Waals surface area contributed by atoms with Crippen molar-refractivity contribution < 1.29 is 5.11 Å². The number of hydrogen-bond donors (Lipinski definition) is 1. The Bertz CT molecular complexity index is 275. The monoisotopic (exact) mass is 181 g/mol. The van der Waals surface area contributed by atoms with Gasteiger partial charge in [0.2, 0.25) is 0 Å². The Kier molecular flexibility index (Phi) is 3.19. The number of likely N-dealkylation sites (N-methyl/N-ethyl adjacent to an activating group) is 1. The maximum Gasteiger partial charge on any atom is 0.132 e. The van der Waals surface area contributed by atoms with Crippen LogP contribution in [0.1, 0.15) is 12.7 Å². The molecular weight excluding hydrogens is 166 g/mol. The van der Waals surface area contributed by atoms with Crippen molar-refractivity contribution in [1.29, 1.82) is 0 Å². The van der Waals surface area contributed by atoms with Gasteiger partial charge >= 0.3 is 0 Å². The van der Waals surface area contributed by atoms with Crippen molar-refractivity contribution in [3.63, 3.8) is 0 Å². The summed E-state index contributed by atoms with van der Waals surface area (Å²) in [4.78, 5) is 10.1. The SMILES string of the molecule is Cc1nccc(N(C)C[C@@H](C)O)n1. The van der Waals surface area contributed by atoms with Crippen LogP contribution in [-0.4, -0.2) is 34.8 Å². The van der Waals surface area contributed by atoms with Gasteiger partial charge < -0.3 is 10.0 Å². The molecule has 1 heterocycles. The van der Waals surface area contributed by atoms with Crippen LogP contribution in [0.3, 0.4) is 0 Å². The van der Waals surface area contributed by atoms with E-state index < -0.39 is 0 Å². The number of aliphatic hydroxyl groups excluding tert-OH is 1. The highest BCUT2D eigenvalue weighted by Gasteiger charge is 2.05. The summed E-state index contributed by atoms with van der Waals surface area (Å²) in [5.74, 6) is 1.59. The van der Waals surface area contributed by atoms with Crippen LogP contribution in [0.5, 0.6) is 0 Å². The number of aromatic nitrogens is 2. The van der Waals surface area contributed by atoms with Gasteiger partial charge in [0.1, 0.15) is 11.6 Å². The first kappa shape index (κ1) is 9.92. The highest BCUT2D eigenvalue weighted by Crippen LogP contribution is 2.07. The molecule has 0 aromatic carbocycles. The van der Waals surface area contributed by atoms with E-state index in [1.54, 1.807) is 13.1 Å². The normalized spacial score (nSPS) is 12.6. The van der Waals surface area contributed by atoms with Crippen molar-refractivity contribution in [2.24, 2.45) is 0 Å². The zero-order chi connectivity index (χ0) is 9.84. The van der Waals surface area contributed by atoms with Gasteiger partial charge in [-0.3, -0.25) is 0 Å². The first-order valence-electron chi connectivity index (χ1n) is 4.28. The van der Waals surface area contributed by atoms with Gasteiger partial charge in [0.25, 0.3) is 0 Å². The lowest BCUT2D eigenvalue weighted by Crippen LogP contribution is -2.27. The molecule has 4 heteroatoms. The minimum atomic E-state index is -0.347. The summed E-state index contributed by atoms with van der Waals surface area (Å²) in [6, 6.07) is 1.83. The predicted octanol–water partition coefficient (Wildman–Crippen LogP) is 0.602. The molecular formula is C9H15N3O. The van der Waals surface area contributed by atoms with Crippen molar-refractivity contribution >= 4 is 5.82 Å². The molecule has 0 saturated heterocycles. The van der Waals surface area contributed by atoms with Gasteiger partial charge in [-0.2, -0.15) is 0 Å².